The second-order valence-electron chi connectivity index (χ2n) is 6.11. The highest BCUT2D eigenvalue weighted by atomic mass is 16.5. The van der Waals surface area contributed by atoms with Crippen LogP contribution in [-0.2, 0) is 9.53 Å². The summed E-state index contributed by atoms with van der Waals surface area (Å²) < 4.78 is 5.62. The highest BCUT2D eigenvalue weighted by Crippen LogP contribution is 2.23. The number of nitrogens with one attached hydrogen (secondary N) is 2. The van der Waals surface area contributed by atoms with Crippen molar-refractivity contribution in [2.24, 2.45) is 0 Å². The number of hydrogen-bond acceptors (Lipinski definition) is 3. The summed E-state index contributed by atoms with van der Waals surface area (Å²) in [5.74, 6) is 0.0958. The molecule has 0 radical (unpaired) electrons. The van der Waals surface area contributed by atoms with Gasteiger partial charge in [0.2, 0.25) is 5.91 Å². The van der Waals surface area contributed by atoms with E-state index in [4.69, 9.17) is 4.74 Å². The van der Waals surface area contributed by atoms with Crippen molar-refractivity contribution in [3.05, 3.63) is 0 Å². The predicted molar refractivity (Wildman–Crippen MR) is 69.0 cm³/mol. The molecule has 0 aliphatic carbocycles. The van der Waals surface area contributed by atoms with Crippen molar-refractivity contribution in [3.63, 3.8) is 0 Å². The van der Waals surface area contributed by atoms with Crippen LogP contribution in [0.5, 0.6) is 0 Å². The van der Waals surface area contributed by atoms with Gasteiger partial charge in [0.1, 0.15) is 0 Å². The Morgan fingerprint density at radius 3 is 2.65 bits per heavy atom. The van der Waals surface area contributed by atoms with E-state index in [9.17, 15) is 4.79 Å². The monoisotopic (exact) mass is 242 g/mol. The lowest BCUT2D eigenvalue weighted by Crippen LogP contribution is -2.42. The van der Waals surface area contributed by atoms with E-state index in [1.807, 2.05) is 0 Å². The minimum atomic E-state index is -0.146. The summed E-state index contributed by atoms with van der Waals surface area (Å²) in [6.45, 7) is 10.5. The lowest BCUT2D eigenvalue weighted by molar-refractivity contribution is -0.122. The highest BCUT2D eigenvalue weighted by molar-refractivity contribution is 5.76. The first-order valence-electron chi connectivity index (χ1n) is 6.46. The zero-order valence-electron chi connectivity index (χ0n) is 11.6. The Morgan fingerprint density at radius 1 is 1.41 bits per heavy atom. The molecule has 2 N–H and O–H groups in total. The standard InChI is InChI=1S/C13H26N2O2/c1-12(2,3)15-8-6-11(16)14-10-13(4)7-5-9-17-13/h15H,5-10H2,1-4H3,(H,14,16). The van der Waals surface area contributed by atoms with Crippen LogP contribution in [0, 0.1) is 0 Å². The molecular formula is C13H26N2O2. The molecule has 1 amide bonds. The van der Waals surface area contributed by atoms with Gasteiger partial charge >= 0.3 is 0 Å². The van der Waals surface area contributed by atoms with Gasteiger partial charge in [-0.15, -0.1) is 0 Å². The Bertz CT molecular complexity index is 253. The molecule has 0 spiro atoms. The lowest BCUT2D eigenvalue weighted by Gasteiger charge is -2.24. The van der Waals surface area contributed by atoms with Gasteiger partial charge in [0.15, 0.2) is 0 Å². The normalized spacial score (nSPS) is 24.9. The van der Waals surface area contributed by atoms with Crippen LogP contribution in [0.25, 0.3) is 0 Å². The van der Waals surface area contributed by atoms with E-state index in [-0.39, 0.29) is 17.0 Å². The van der Waals surface area contributed by atoms with E-state index >= 15 is 0 Å². The second kappa shape index (κ2) is 5.83. The Hall–Kier alpha value is -0.610. The van der Waals surface area contributed by atoms with E-state index in [2.05, 4.69) is 38.3 Å². The lowest BCUT2D eigenvalue weighted by atomic mass is 10.0. The molecule has 0 aromatic heterocycles. The zero-order chi connectivity index (χ0) is 12.9. The van der Waals surface area contributed by atoms with Gasteiger partial charge in [-0.05, 0) is 40.5 Å². The molecule has 1 atom stereocenters. The van der Waals surface area contributed by atoms with Gasteiger partial charge in [0.05, 0.1) is 5.60 Å². The third kappa shape index (κ3) is 6.03. The molecule has 4 nitrogen and oxygen atoms in total. The van der Waals surface area contributed by atoms with Crippen molar-refractivity contribution in [2.45, 2.75) is 58.1 Å². The Morgan fingerprint density at radius 2 is 2.12 bits per heavy atom. The summed E-state index contributed by atoms with van der Waals surface area (Å²) in [5, 5.41) is 6.25. The summed E-state index contributed by atoms with van der Waals surface area (Å²) in [5.41, 5.74) is -0.0755. The molecule has 1 aliphatic heterocycles. The van der Waals surface area contributed by atoms with Crippen LogP contribution in [0.1, 0.15) is 47.0 Å². The first-order chi connectivity index (χ1) is 7.81. The minimum Gasteiger partial charge on any atom is -0.373 e. The van der Waals surface area contributed by atoms with Crippen LogP contribution in [0.3, 0.4) is 0 Å². The smallest absolute Gasteiger partial charge is 0.221 e. The molecule has 100 valence electrons. The molecule has 0 bridgehead atoms. The summed E-state index contributed by atoms with van der Waals surface area (Å²) in [7, 11) is 0. The SMILES string of the molecule is CC(C)(C)NCCC(=O)NCC1(C)CCCO1. The minimum absolute atomic E-state index is 0.0703. The maximum Gasteiger partial charge on any atom is 0.221 e. The summed E-state index contributed by atoms with van der Waals surface area (Å²) in [6.07, 6.45) is 2.65. The average molecular weight is 242 g/mol. The van der Waals surface area contributed by atoms with Crippen molar-refractivity contribution < 1.29 is 9.53 Å². The Balaban J connectivity index is 2.13. The van der Waals surface area contributed by atoms with Crippen LogP contribution < -0.4 is 10.6 Å². The fraction of sp³-hybridized carbons (Fsp3) is 0.923. The molecule has 0 aromatic rings. The molecule has 1 unspecified atom stereocenters. The highest BCUT2D eigenvalue weighted by Gasteiger charge is 2.29. The van der Waals surface area contributed by atoms with Crippen molar-refractivity contribution in [1.82, 2.24) is 10.6 Å². The van der Waals surface area contributed by atoms with Crippen molar-refractivity contribution in [3.8, 4) is 0 Å². The maximum absolute atomic E-state index is 11.6. The molecule has 0 saturated carbocycles. The Labute approximate surface area is 104 Å². The molecule has 4 heteroatoms. The van der Waals surface area contributed by atoms with Crippen molar-refractivity contribution in [1.29, 1.82) is 0 Å². The predicted octanol–water partition coefficient (Wildman–Crippen LogP) is 1.45. The number of ether oxygens (including phenoxy) is 1. The quantitative estimate of drug-likeness (QED) is 0.767. The van der Waals surface area contributed by atoms with Gasteiger partial charge in [0, 0.05) is 31.7 Å². The number of carbonyl (C=O) groups excluding carboxylic acids is 1. The average Bonchev–Trinajstić information content (AvgIpc) is 2.61. The van der Waals surface area contributed by atoms with Crippen LogP contribution >= 0.6 is 0 Å². The topological polar surface area (TPSA) is 50.4 Å². The molecular weight excluding hydrogens is 216 g/mol. The molecule has 1 aliphatic rings. The van der Waals surface area contributed by atoms with Gasteiger partial charge in [-0.25, -0.2) is 0 Å². The number of carbonyl (C=O) groups is 1. The van der Waals surface area contributed by atoms with Gasteiger partial charge in [-0.2, -0.15) is 0 Å². The third-order valence-electron chi connectivity index (χ3n) is 2.97. The van der Waals surface area contributed by atoms with Crippen LogP contribution in [0.15, 0.2) is 0 Å². The van der Waals surface area contributed by atoms with Gasteiger partial charge in [-0.3, -0.25) is 4.79 Å². The van der Waals surface area contributed by atoms with E-state index in [0.29, 0.717) is 19.5 Å². The number of amides is 1. The fourth-order valence-electron chi connectivity index (χ4n) is 1.90. The van der Waals surface area contributed by atoms with Crippen molar-refractivity contribution in [2.75, 3.05) is 19.7 Å². The van der Waals surface area contributed by atoms with E-state index in [1.54, 1.807) is 0 Å². The molecule has 0 aromatic carbocycles. The molecule has 1 fully saturated rings. The van der Waals surface area contributed by atoms with Gasteiger partial charge in [-0.1, -0.05) is 0 Å². The largest absolute Gasteiger partial charge is 0.373 e. The third-order valence-corrected chi connectivity index (χ3v) is 2.97. The van der Waals surface area contributed by atoms with Gasteiger partial charge < -0.3 is 15.4 Å². The zero-order valence-corrected chi connectivity index (χ0v) is 11.6. The van der Waals surface area contributed by atoms with E-state index in [1.165, 1.54) is 0 Å². The van der Waals surface area contributed by atoms with E-state index in [0.717, 1.165) is 19.4 Å². The van der Waals surface area contributed by atoms with Crippen LogP contribution in [0.2, 0.25) is 0 Å². The summed E-state index contributed by atoms with van der Waals surface area (Å²) >= 11 is 0. The molecule has 1 rings (SSSR count). The van der Waals surface area contributed by atoms with Crippen LogP contribution in [-0.4, -0.2) is 36.7 Å². The second-order valence-corrected chi connectivity index (χ2v) is 6.11. The molecule has 1 heterocycles. The summed E-state index contributed by atoms with van der Waals surface area (Å²) in [6, 6.07) is 0. The van der Waals surface area contributed by atoms with Crippen molar-refractivity contribution >= 4 is 5.91 Å². The van der Waals surface area contributed by atoms with Gasteiger partial charge in [0.25, 0.3) is 0 Å². The number of hydrogen-bond donors (Lipinski definition) is 2. The molecule has 17 heavy (non-hydrogen) atoms. The Kier molecular flexibility index (Phi) is 4.95. The van der Waals surface area contributed by atoms with E-state index < -0.39 is 0 Å². The fourth-order valence-corrected chi connectivity index (χ4v) is 1.90. The molecule has 1 saturated heterocycles. The first kappa shape index (κ1) is 14.5. The van der Waals surface area contributed by atoms with Crippen LogP contribution in [0.4, 0.5) is 0 Å². The number of rotatable bonds is 5. The summed E-state index contributed by atoms with van der Waals surface area (Å²) in [4.78, 5) is 11.6. The first-order valence-corrected chi connectivity index (χ1v) is 6.46. The maximum atomic E-state index is 11.6.